The standard InChI is InChI=1S/C14H23ClN2O3/c1-17(6-7-19-2)5-4-16-10-11-8-12(15)9-13(20-3)14(11)18/h8-9,16,18H,4-7,10H2,1-3H3. The van der Waals surface area contributed by atoms with Crippen molar-refractivity contribution in [2.45, 2.75) is 6.54 Å². The van der Waals surface area contributed by atoms with Gasteiger partial charge in [0.25, 0.3) is 0 Å². The number of methoxy groups -OCH3 is 2. The summed E-state index contributed by atoms with van der Waals surface area (Å²) < 4.78 is 10.1. The molecule has 0 fully saturated rings. The number of ether oxygens (including phenoxy) is 2. The first-order valence-corrected chi connectivity index (χ1v) is 6.89. The summed E-state index contributed by atoms with van der Waals surface area (Å²) in [4.78, 5) is 2.18. The van der Waals surface area contributed by atoms with Crippen molar-refractivity contribution in [3.8, 4) is 11.5 Å². The summed E-state index contributed by atoms with van der Waals surface area (Å²) in [5, 5.41) is 13.8. The van der Waals surface area contributed by atoms with Gasteiger partial charge in [-0.25, -0.2) is 0 Å². The second-order valence-corrected chi connectivity index (χ2v) is 5.03. The fourth-order valence-corrected chi connectivity index (χ4v) is 2.00. The fourth-order valence-electron chi connectivity index (χ4n) is 1.77. The van der Waals surface area contributed by atoms with E-state index in [4.69, 9.17) is 21.1 Å². The summed E-state index contributed by atoms with van der Waals surface area (Å²) >= 11 is 5.98. The lowest BCUT2D eigenvalue weighted by Crippen LogP contribution is -2.31. The molecule has 0 aliphatic carbocycles. The van der Waals surface area contributed by atoms with E-state index in [-0.39, 0.29) is 5.75 Å². The van der Waals surface area contributed by atoms with E-state index in [0.29, 0.717) is 17.3 Å². The molecule has 0 bridgehead atoms. The van der Waals surface area contributed by atoms with Crippen LogP contribution < -0.4 is 10.1 Å². The minimum absolute atomic E-state index is 0.136. The highest BCUT2D eigenvalue weighted by Crippen LogP contribution is 2.33. The second-order valence-electron chi connectivity index (χ2n) is 4.59. The van der Waals surface area contributed by atoms with Gasteiger partial charge in [-0.2, -0.15) is 0 Å². The van der Waals surface area contributed by atoms with Gasteiger partial charge >= 0.3 is 0 Å². The Morgan fingerprint density at radius 1 is 1.30 bits per heavy atom. The highest BCUT2D eigenvalue weighted by molar-refractivity contribution is 6.30. The van der Waals surface area contributed by atoms with E-state index in [1.807, 2.05) is 7.05 Å². The molecule has 20 heavy (non-hydrogen) atoms. The third-order valence-corrected chi connectivity index (χ3v) is 3.22. The molecule has 1 aromatic rings. The molecule has 5 nitrogen and oxygen atoms in total. The summed E-state index contributed by atoms with van der Waals surface area (Å²) in [6, 6.07) is 3.33. The van der Waals surface area contributed by atoms with Crippen LogP contribution in [0.1, 0.15) is 5.56 Å². The van der Waals surface area contributed by atoms with Gasteiger partial charge in [0.1, 0.15) is 0 Å². The monoisotopic (exact) mass is 302 g/mol. The van der Waals surface area contributed by atoms with Crippen molar-refractivity contribution in [3.63, 3.8) is 0 Å². The number of halogens is 1. The Morgan fingerprint density at radius 2 is 2.05 bits per heavy atom. The zero-order valence-electron chi connectivity index (χ0n) is 12.3. The maximum absolute atomic E-state index is 9.99. The molecule has 114 valence electrons. The number of hydrogen-bond donors (Lipinski definition) is 2. The van der Waals surface area contributed by atoms with Gasteiger partial charge in [0, 0.05) is 49.9 Å². The summed E-state index contributed by atoms with van der Waals surface area (Å²) in [7, 11) is 5.25. The topological polar surface area (TPSA) is 54.0 Å². The number of phenolic OH excluding ortho intramolecular Hbond substituents is 1. The van der Waals surface area contributed by atoms with Crippen molar-refractivity contribution in [1.29, 1.82) is 0 Å². The maximum Gasteiger partial charge on any atom is 0.162 e. The smallest absolute Gasteiger partial charge is 0.162 e. The number of aromatic hydroxyl groups is 1. The normalized spacial score (nSPS) is 11.1. The third kappa shape index (κ3) is 5.54. The van der Waals surface area contributed by atoms with Crippen LogP contribution >= 0.6 is 11.6 Å². The second kappa shape index (κ2) is 9.02. The highest BCUT2D eigenvalue weighted by atomic mass is 35.5. The number of nitrogens with zero attached hydrogens (tertiary/aromatic N) is 1. The Bertz CT molecular complexity index is 416. The van der Waals surface area contributed by atoms with Crippen LogP contribution in [-0.2, 0) is 11.3 Å². The van der Waals surface area contributed by atoms with E-state index >= 15 is 0 Å². The molecule has 0 heterocycles. The van der Waals surface area contributed by atoms with Crippen molar-refractivity contribution in [2.24, 2.45) is 0 Å². The number of hydrogen-bond acceptors (Lipinski definition) is 5. The van der Waals surface area contributed by atoms with Crippen LogP contribution in [0.5, 0.6) is 11.5 Å². The minimum Gasteiger partial charge on any atom is -0.504 e. The molecule has 0 amide bonds. The van der Waals surface area contributed by atoms with Crippen LogP contribution in [0.25, 0.3) is 0 Å². The number of likely N-dealkylation sites (N-methyl/N-ethyl adjacent to an activating group) is 1. The molecule has 0 aromatic heterocycles. The molecule has 1 aromatic carbocycles. The first-order chi connectivity index (χ1) is 9.58. The van der Waals surface area contributed by atoms with E-state index in [1.165, 1.54) is 7.11 Å². The average molecular weight is 303 g/mol. The Labute approximate surface area is 125 Å². The minimum atomic E-state index is 0.136. The number of rotatable bonds is 9. The maximum atomic E-state index is 9.99. The zero-order valence-corrected chi connectivity index (χ0v) is 13.0. The molecule has 0 aliphatic heterocycles. The largest absolute Gasteiger partial charge is 0.504 e. The van der Waals surface area contributed by atoms with Crippen LogP contribution in [0.4, 0.5) is 0 Å². The first-order valence-electron chi connectivity index (χ1n) is 6.52. The molecule has 0 unspecified atom stereocenters. The quantitative estimate of drug-likeness (QED) is 0.680. The zero-order chi connectivity index (χ0) is 15.0. The lowest BCUT2D eigenvalue weighted by Gasteiger charge is -2.16. The highest BCUT2D eigenvalue weighted by Gasteiger charge is 2.09. The number of nitrogens with one attached hydrogen (secondary N) is 1. The van der Waals surface area contributed by atoms with Crippen LogP contribution in [0, 0.1) is 0 Å². The molecular weight excluding hydrogens is 280 g/mol. The predicted molar refractivity (Wildman–Crippen MR) is 80.7 cm³/mol. The van der Waals surface area contributed by atoms with Crippen molar-refractivity contribution in [3.05, 3.63) is 22.7 Å². The Kier molecular flexibility index (Phi) is 7.69. The Morgan fingerprint density at radius 3 is 2.70 bits per heavy atom. The van der Waals surface area contributed by atoms with Crippen LogP contribution in [0.15, 0.2) is 12.1 Å². The van der Waals surface area contributed by atoms with Gasteiger partial charge in [-0.15, -0.1) is 0 Å². The van der Waals surface area contributed by atoms with Crippen LogP contribution in [-0.4, -0.2) is 57.5 Å². The molecule has 2 N–H and O–H groups in total. The lowest BCUT2D eigenvalue weighted by atomic mass is 10.2. The summed E-state index contributed by atoms with van der Waals surface area (Å²) in [6.45, 7) is 3.88. The molecule has 0 aliphatic rings. The van der Waals surface area contributed by atoms with Crippen molar-refractivity contribution >= 4 is 11.6 Å². The van der Waals surface area contributed by atoms with E-state index in [1.54, 1.807) is 19.2 Å². The summed E-state index contributed by atoms with van der Waals surface area (Å²) in [6.07, 6.45) is 0. The molecule has 0 saturated heterocycles. The van der Waals surface area contributed by atoms with Gasteiger partial charge in [0.15, 0.2) is 11.5 Å². The van der Waals surface area contributed by atoms with Gasteiger partial charge in [0.05, 0.1) is 13.7 Å². The molecule has 0 spiro atoms. The van der Waals surface area contributed by atoms with Gasteiger partial charge in [-0.3, -0.25) is 0 Å². The first kappa shape index (κ1) is 17.0. The Balaban J connectivity index is 2.40. The number of benzene rings is 1. The van der Waals surface area contributed by atoms with Gasteiger partial charge in [-0.1, -0.05) is 11.6 Å². The summed E-state index contributed by atoms with van der Waals surface area (Å²) in [5.74, 6) is 0.531. The Hall–Kier alpha value is -1.01. The van der Waals surface area contributed by atoms with Crippen LogP contribution in [0.3, 0.4) is 0 Å². The van der Waals surface area contributed by atoms with Crippen molar-refractivity contribution < 1.29 is 14.6 Å². The predicted octanol–water partition coefficient (Wildman–Crippen LogP) is 1.72. The molecule has 0 saturated carbocycles. The SMILES string of the molecule is COCCN(C)CCNCc1cc(Cl)cc(OC)c1O. The number of phenols is 1. The fraction of sp³-hybridized carbons (Fsp3) is 0.571. The van der Waals surface area contributed by atoms with E-state index < -0.39 is 0 Å². The molecular formula is C14H23ClN2O3. The molecule has 0 atom stereocenters. The van der Waals surface area contributed by atoms with Gasteiger partial charge < -0.3 is 24.8 Å². The van der Waals surface area contributed by atoms with E-state index in [9.17, 15) is 5.11 Å². The van der Waals surface area contributed by atoms with Gasteiger partial charge in [-0.05, 0) is 13.1 Å². The van der Waals surface area contributed by atoms with Crippen molar-refractivity contribution in [2.75, 3.05) is 47.5 Å². The lowest BCUT2D eigenvalue weighted by molar-refractivity contribution is 0.161. The van der Waals surface area contributed by atoms with Crippen LogP contribution in [0.2, 0.25) is 5.02 Å². The molecule has 0 radical (unpaired) electrons. The summed E-state index contributed by atoms with van der Waals surface area (Å²) in [5.41, 5.74) is 0.730. The molecule has 6 heteroatoms. The van der Waals surface area contributed by atoms with Gasteiger partial charge in [0.2, 0.25) is 0 Å². The van der Waals surface area contributed by atoms with Crippen molar-refractivity contribution in [1.82, 2.24) is 10.2 Å². The third-order valence-electron chi connectivity index (χ3n) is 3.00. The average Bonchev–Trinajstić information content (AvgIpc) is 2.44. The van der Waals surface area contributed by atoms with E-state index in [0.717, 1.165) is 31.8 Å². The molecule has 1 rings (SSSR count). The van der Waals surface area contributed by atoms with E-state index in [2.05, 4.69) is 10.2 Å².